The molecule has 0 fully saturated rings. The Morgan fingerprint density at radius 1 is 1.35 bits per heavy atom. The Morgan fingerprint density at radius 3 is 2.59 bits per heavy atom. The van der Waals surface area contributed by atoms with E-state index in [4.69, 9.17) is 11.6 Å². The van der Waals surface area contributed by atoms with Gasteiger partial charge in [0.1, 0.15) is 10.6 Å². The van der Waals surface area contributed by atoms with Crippen molar-refractivity contribution >= 4 is 44.7 Å². The molecule has 88 valence electrons. The quantitative estimate of drug-likeness (QED) is 0.828. The second-order valence-electron chi connectivity index (χ2n) is 3.61. The molecule has 2 nitrogen and oxygen atoms in total. The molecule has 0 aliphatic carbocycles. The van der Waals surface area contributed by atoms with E-state index in [9.17, 15) is 9.90 Å². The van der Waals surface area contributed by atoms with Gasteiger partial charge in [0, 0.05) is 16.1 Å². The number of hydrogen-bond donors (Lipinski definition) is 1. The number of carbonyl (C=O) groups is 1. The van der Waals surface area contributed by atoms with Crippen LogP contribution in [0.4, 0.5) is 0 Å². The number of carbonyl (C=O) groups excluding carboxylic acids is 1. The van der Waals surface area contributed by atoms with Gasteiger partial charge in [0.25, 0.3) is 0 Å². The lowest BCUT2D eigenvalue weighted by molar-refractivity contribution is 0.104. The fourth-order valence-electron chi connectivity index (χ4n) is 1.51. The first-order valence-electron chi connectivity index (χ1n) is 4.77. The normalized spacial score (nSPS) is 10.5. The van der Waals surface area contributed by atoms with Crippen LogP contribution in [0.3, 0.4) is 0 Å². The third-order valence-corrected chi connectivity index (χ3v) is 3.90. The van der Waals surface area contributed by atoms with Crippen LogP contribution in [0.1, 0.15) is 20.8 Å². The molecular weight excluding hydrogens is 324 g/mol. The smallest absolute Gasteiger partial charge is 0.206 e. The van der Waals surface area contributed by atoms with Crippen molar-refractivity contribution in [3.63, 3.8) is 0 Å². The molecule has 0 aliphatic heterocycles. The van der Waals surface area contributed by atoms with Crippen molar-refractivity contribution in [2.24, 2.45) is 0 Å². The number of rotatable bonds is 2. The molecule has 0 amide bonds. The van der Waals surface area contributed by atoms with Crippen molar-refractivity contribution in [1.82, 2.24) is 0 Å². The Kier molecular flexibility index (Phi) is 3.56. The summed E-state index contributed by atoms with van der Waals surface area (Å²) in [6, 6.07) is 6.80. The molecule has 0 aliphatic rings. The molecule has 2 aromatic rings. The molecule has 1 N–H and O–H groups in total. The summed E-state index contributed by atoms with van der Waals surface area (Å²) in [4.78, 5) is 12.4. The zero-order valence-corrected chi connectivity index (χ0v) is 12.0. The third-order valence-electron chi connectivity index (χ3n) is 2.19. The summed E-state index contributed by atoms with van der Waals surface area (Å²) in [6.07, 6.45) is 0. The van der Waals surface area contributed by atoms with Crippen LogP contribution in [-0.2, 0) is 0 Å². The van der Waals surface area contributed by atoms with Crippen molar-refractivity contribution in [3.05, 3.63) is 49.1 Å². The summed E-state index contributed by atoms with van der Waals surface area (Å²) in [5.74, 6) is -0.286. The van der Waals surface area contributed by atoms with Crippen molar-refractivity contribution in [2.75, 3.05) is 0 Å². The first-order chi connectivity index (χ1) is 7.97. The highest BCUT2D eigenvalue weighted by atomic mass is 79.9. The summed E-state index contributed by atoms with van der Waals surface area (Å²) in [6.45, 7) is 1.91. The monoisotopic (exact) mass is 330 g/mol. The lowest BCUT2D eigenvalue weighted by Crippen LogP contribution is -1.99. The van der Waals surface area contributed by atoms with Gasteiger partial charge in [-0.05, 0) is 30.7 Å². The van der Waals surface area contributed by atoms with Gasteiger partial charge in [-0.3, -0.25) is 4.79 Å². The van der Waals surface area contributed by atoms with Crippen molar-refractivity contribution in [3.8, 4) is 5.75 Å². The van der Waals surface area contributed by atoms with Crippen LogP contribution in [0.15, 0.2) is 28.7 Å². The largest absolute Gasteiger partial charge is 0.506 e. The van der Waals surface area contributed by atoms with Crippen LogP contribution in [-0.4, -0.2) is 10.9 Å². The van der Waals surface area contributed by atoms with Gasteiger partial charge in [-0.15, -0.1) is 11.3 Å². The minimum absolute atomic E-state index is 0.0670. The summed E-state index contributed by atoms with van der Waals surface area (Å²) < 4.78 is 1.24. The molecule has 5 heteroatoms. The van der Waals surface area contributed by atoms with Gasteiger partial charge in [-0.1, -0.05) is 27.5 Å². The topological polar surface area (TPSA) is 37.3 Å². The summed E-state index contributed by atoms with van der Waals surface area (Å²) in [7, 11) is 0. The van der Waals surface area contributed by atoms with Crippen LogP contribution in [0, 0.1) is 6.92 Å². The highest BCUT2D eigenvalue weighted by molar-refractivity contribution is 9.10. The predicted molar refractivity (Wildman–Crippen MR) is 73.3 cm³/mol. The zero-order chi connectivity index (χ0) is 12.6. The van der Waals surface area contributed by atoms with Gasteiger partial charge in [-0.25, -0.2) is 0 Å². The number of aromatic hydroxyl groups is 1. The Morgan fingerprint density at radius 2 is 2.06 bits per heavy atom. The van der Waals surface area contributed by atoms with E-state index in [1.165, 1.54) is 6.07 Å². The van der Waals surface area contributed by atoms with Crippen LogP contribution in [0.25, 0.3) is 0 Å². The van der Waals surface area contributed by atoms with Gasteiger partial charge < -0.3 is 5.11 Å². The highest BCUT2D eigenvalue weighted by Gasteiger charge is 2.17. The molecule has 0 saturated carbocycles. The molecule has 0 unspecified atom stereocenters. The van der Waals surface area contributed by atoms with Gasteiger partial charge in [-0.2, -0.15) is 0 Å². The van der Waals surface area contributed by atoms with Gasteiger partial charge >= 0.3 is 0 Å². The van der Waals surface area contributed by atoms with E-state index >= 15 is 0 Å². The molecule has 1 aromatic heterocycles. The molecule has 1 aromatic carbocycles. The average Bonchev–Trinajstić information content (AvgIpc) is 2.55. The molecule has 0 saturated heterocycles. The second kappa shape index (κ2) is 4.80. The van der Waals surface area contributed by atoms with E-state index in [1.807, 2.05) is 13.0 Å². The maximum atomic E-state index is 12.2. The zero-order valence-electron chi connectivity index (χ0n) is 8.83. The lowest BCUT2D eigenvalue weighted by Gasteiger charge is -2.02. The van der Waals surface area contributed by atoms with E-state index in [-0.39, 0.29) is 16.4 Å². The number of benzene rings is 1. The van der Waals surface area contributed by atoms with E-state index in [2.05, 4.69) is 15.9 Å². The number of halogens is 2. The lowest BCUT2D eigenvalue weighted by atomic mass is 10.1. The number of aryl methyl sites for hydroxylation is 1. The minimum Gasteiger partial charge on any atom is -0.506 e. The Balaban J connectivity index is 2.47. The Bertz CT molecular complexity index is 572. The molecule has 0 radical (unpaired) electrons. The van der Waals surface area contributed by atoms with E-state index in [0.29, 0.717) is 9.90 Å². The van der Waals surface area contributed by atoms with Crippen LogP contribution in [0.5, 0.6) is 5.75 Å². The maximum Gasteiger partial charge on any atom is 0.206 e. The Hall–Kier alpha value is -0.840. The molecule has 0 bridgehead atoms. The van der Waals surface area contributed by atoms with Crippen molar-refractivity contribution < 1.29 is 9.90 Å². The standard InChI is InChI=1S/C12H8BrClO2S/c1-6-2-7(4-8(13)3-6)11(16)12-9(15)5-10(14)17-12/h2-5,15H,1H3. The van der Waals surface area contributed by atoms with E-state index in [0.717, 1.165) is 21.4 Å². The summed E-state index contributed by atoms with van der Waals surface area (Å²) in [5, 5.41) is 9.60. The maximum absolute atomic E-state index is 12.2. The molecule has 0 atom stereocenters. The van der Waals surface area contributed by atoms with Gasteiger partial charge in [0.15, 0.2) is 0 Å². The number of thiophene rings is 1. The molecule has 2 rings (SSSR count). The highest BCUT2D eigenvalue weighted by Crippen LogP contribution is 2.33. The third kappa shape index (κ3) is 2.70. The Labute approximate surface area is 116 Å². The van der Waals surface area contributed by atoms with E-state index < -0.39 is 0 Å². The second-order valence-corrected chi connectivity index (χ2v) is 6.21. The fourth-order valence-corrected chi connectivity index (χ4v) is 3.20. The van der Waals surface area contributed by atoms with Crippen LogP contribution >= 0.6 is 38.9 Å². The number of hydrogen-bond acceptors (Lipinski definition) is 3. The summed E-state index contributed by atoms with van der Waals surface area (Å²) >= 11 is 10.2. The van der Waals surface area contributed by atoms with Crippen LogP contribution in [0.2, 0.25) is 4.34 Å². The fraction of sp³-hybridized carbons (Fsp3) is 0.0833. The number of ketones is 1. The first-order valence-corrected chi connectivity index (χ1v) is 6.76. The predicted octanol–water partition coefficient (Wildman–Crippen LogP) is 4.41. The molecular formula is C12H8BrClO2S. The van der Waals surface area contributed by atoms with Gasteiger partial charge in [0.2, 0.25) is 5.78 Å². The SMILES string of the molecule is Cc1cc(Br)cc(C(=O)c2sc(Cl)cc2O)c1. The van der Waals surface area contributed by atoms with E-state index in [1.54, 1.807) is 12.1 Å². The average molecular weight is 332 g/mol. The van der Waals surface area contributed by atoms with Crippen LogP contribution < -0.4 is 0 Å². The van der Waals surface area contributed by atoms with Crippen molar-refractivity contribution in [1.29, 1.82) is 0 Å². The molecule has 17 heavy (non-hydrogen) atoms. The minimum atomic E-state index is -0.219. The van der Waals surface area contributed by atoms with Gasteiger partial charge in [0.05, 0.1) is 4.34 Å². The summed E-state index contributed by atoms with van der Waals surface area (Å²) in [5.41, 5.74) is 1.51. The first kappa shape index (κ1) is 12.6. The molecule has 0 spiro atoms. The van der Waals surface area contributed by atoms with Crippen molar-refractivity contribution in [2.45, 2.75) is 6.92 Å². The molecule has 1 heterocycles.